The van der Waals surface area contributed by atoms with Gasteiger partial charge in [-0.05, 0) is 17.7 Å². The van der Waals surface area contributed by atoms with E-state index in [4.69, 9.17) is 9.84 Å². The fourth-order valence-electron chi connectivity index (χ4n) is 2.38. The second kappa shape index (κ2) is 9.36. The number of carbonyl (C=O) groups is 3. The molecule has 0 unspecified atom stereocenters. The third-order valence-corrected chi connectivity index (χ3v) is 3.79. The van der Waals surface area contributed by atoms with Crippen LogP contribution in [0.2, 0.25) is 0 Å². The van der Waals surface area contributed by atoms with Gasteiger partial charge in [-0.1, -0.05) is 42.5 Å². The van der Waals surface area contributed by atoms with Crippen molar-refractivity contribution in [2.45, 2.75) is 19.4 Å². The summed E-state index contributed by atoms with van der Waals surface area (Å²) in [5.41, 5.74) is 1.50. The number of carboxylic acids is 1. The monoisotopic (exact) mass is 355 g/mol. The minimum atomic E-state index is -1.04. The lowest BCUT2D eigenvalue weighted by Gasteiger charge is -2.17. The summed E-state index contributed by atoms with van der Waals surface area (Å²) < 4.78 is 5.06. The van der Waals surface area contributed by atoms with Gasteiger partial charge in [-0.25, -0.2) is 4.79 Å². The number of hydrogen-bond acceptors (Lipinski definition) is 4. The molecule has 0 saturated heterocycles. The van der Waals surface area contributed by atoms with Crippen molar-refractivity contribution in [1.82, 2.24) is 4.90 Å². The average molecular weight is 355 g/mol. The standard InChI is InChI=1S/C20H21NO5/c1-21(13-15-7-9-17(10-8-15)26-14-20(24)25)19(23)12-11-18(22)16-5-3-2-4-6-16/h2-10H,11-14H2,1H3,(H,24,25). The van der Waals surface area contributed by atoms with Crippen molar-refractivity contribution in [2.75, 3.05) is 13.7 Å². The number of amides is 1. The highest BCUT2D eigenvalue weighted by Crippen LogP contribution is 2.14. The van der Waals surface area contributed by atoms with Gasteiger partial charge in [0.1, 0.15) is 5.75 Å². The third-order valence-electron chi connectivity index (χ3n) is 3.79. The zero-order valence-electron chi connectivity index (χ0n) is 14.6. The number of nitrogens with zero attached hydrogens (tertiary/aromatic N) is 1. The largest absolute Gasteiger partial charge is 0.482 e. The molecule has 0 fully saturated rings. The Balaban J connectivity index is 1.81. The highest BCUT2D eigenvalue weighted by molar-refractivity contribution is 5.97. The predicted molar refractivity (Wildman–Crippen MR) is 96.1 cm³/mol. The van der Waals surface area contributed by atoms with Crippen LogP contribution < -0.4 is 4.74 Å². The number of rotatable bonds is 9. The number of aliphatic carboxylic acids is 1. The van der Waals surface area contributed by atoms with Gasteiger partial charge in [-0.3, -0.25) is 9.59 Å². The Hall–Kier alpha value is -3.15. The van der Waals surface area contributed by atoms with Gasteiger partial charge in [0.05, 0.1) is 0 Å². The first-order valence-electron chi connectivity index (χ1n) is 8.21. The van der Waals surface area contributed by atoms with Crippen LogP contribution in [-0.2, 0) is 16.1 Å². The van der Waals surface area contributed by atoms with Crippen LogP contribution in [0.5, 0.6) is 5.75 Å². The van der Waals surface area contributed by atoms with Crippen LogP contribution in [0.4, 0.5) is 0 Å². The summed E-state index contributed by atoms with van der Waals surface area (Å²) in [5.74, 6) is -0.740. The van der Waals surface area contributed by atoms with Crippen molar-refractivity contribution in [3.63, 3.8) is 0 Å². The Labute approximate surface area is 152 Å². The molecule has 0 bridgehead atoms. The number of benzene rings is 2. The van der Waals surface area contributed by atoms with Crippen molar-refractivity contribution < 1.29 is 24.2 Å². The van der Waals surface area contributed by atoms with E-state index in [1.807, 2.05) is 6.07 Å². The summed E-state index contributed by atoms with van der Waals surface area (Å²) in [6, 6.07) is 15.8. The van der Waals surface area contributed by atoms with Crippen LogP contribution in [0.1, 0.15) is 28.8 Å². The molecule has 0 aromatic heterocycles. The molecular weight excluding hydrogens is 334 g/mol. The molecule has 2 aromatic carbocycles. The second-order valence-electron chi connectivity index (χ2n) is 5.87. The van der Waals surface area contributed by atoms with E-state index in [0.717, 1.165) is 5.56 Å². The molecule has 0 atom stereocenters. The molecule has 26 heavy (non-hydrogen) atoms. The van der Waals surface area contributed by atoms with Gasteiger partial charge in [0.15, 0.2) is 12.4 Å². The van der Waals surface area contributed by atoms with Crippen molar-refractivity contribution >= 4 is 17.7 Å². The number of carboxylic acid groups (broad SMARTS) is 1. The van der Waals surface area contributed by atoms with E-state index in [-0.39, 0.29) is 24.5 Å². The van der Waals surface area contributed by atoms with Gasteiger partial charge in [-0.15, -0.1) is 0 Å². The number of Topliss-reactive ketones (excluding diaryl/α,β-unsaturated/α-hetero) is 1. The lowest BCUT2D eigenvalue weighted by Crippen LogP contribution is -2.26. The zero-order valence-corrected chi connectivity index (χ0v) is 14.6. The highest BCUT2D eigenvalue weighted by Gasteiger charge is 2.13. The van der Waals surface area contributed by atoms with Crippen LogP contribution in [0.15, 0.2) is 54.6 Å². The maximum absolute atomic E-state index is 12.2. The van der Waals surface area contributed by atoms with Crippen molar-refractivity contribution in [1.29, 1.82) is 0 Å². The minimum absolute atomic E-state index is 0.0488. The fraction of sp³-hybridized carbons (Fsp3) is 0.250. The summed E-state index contributed by atoms with van der Waals surface area (Å²) in [6.07, 6.45) is 0.333. The van der Waals surface area contributed by atoms with Crippen LogP contribution in [0, 0.1) is 0 Å². The van der Waals surface area contributed by atoms with Gasteiger partial charge < -0.3 is 14.7 Å². The fourth-order valence-corrected chi connectivity index (χ4v) is 2.38. The summed E-state index contributed by atoms with van der Waals surface area (Å²) in [4.78, 5) is 36.3. The topological polar surface area (TPSA) is 83.9 Å². The van der Waals surface area contributed by atoms with E-state index in [1.54, 1.807) is 60.5 Å². The molecule has 1 N–H and O–H groups in total. The quantitative estimate of drug-likeness (QED) is 0.699. The van der Waals surface area contributed by atoms with Gasteiger partial charge in [0.25, 0.3) is 0 Å². The van der Waals surface area contributed by atoms with Gasteiger partial charge in [0, 0.05) is 32.0 Å². The smallest absolute Gasteiger partial charge is 0.341 e. The second-order valence-corrected chi connectivity index (χ2v) is 5.87. The van der Waals surface area contributed by atoms with Gasteiger partial charge in [0.2, 0.25) is 5.91 Å². The maximum atomic E-state index is 12.2. The molecule has 0 aliphatic rings. The van der Waals surface area contributed by atoms with Gasteiger partial charge in [-0.2, -0.15) is 0 Å². The average Bonchev–Trinajstić information content (AvgIpc) is 2.65. The normalized spacial score (nSPS) is 10.2. The van der Waals surface area contributed by atoms with E-state index >= 15 is 0 Å². The Morgan fingerprint density at radius 1 is 0.962 bits per heavy atom. The molecular formula is C20H21NO5. The molecule has 0 heterocycles. The third kappa shape index (κ3) is 6.05. The molecule has 2 rings (SSSR count). The molecule has 1 amide bonds. The van der Waals surface area contributed by atoms with Crippen molar-refractivity contribution in [2.24, 2.45) is 0 Å². The molecule has 0 aliphatic carbocycles. The Morgan fingerprint density at radius 2 is 1.62 bits per heavy atom. The van der Waals surface area contributed by atoms with E-state index in [2.05, 4.69) is 0 Å². The summed E-state index contributed by atoms with van der Waals surface area (Å²) >= 11 is 0. The summed E-state index contributed by atoms with van der Waals surface area (Å²) in [7, 11) is 1.68. The Kier molecular flexibility index (Phi) is 6.91. The van der Waals surface area contributed by atoms with Gasteiger partial charge >= 0.3 is 5.97 Å². The first kappa shape index (κ1) is 19.2. The first-order valence-corrected chi connectivity index (χ1v) is 8.21. The van der Waals surface area contributed by atoms with Crippen LogP contribution in [-0.4, -0.2) is 41.3 Å². The van der Waals surface area contributed by atoms with Crippen molar-refractivity contribution in [3.8, 4) is 5.75 Å². The zero-order chi connectivity index (χ0) is 18.9. The molecule has 6 heteroatoms. The van der Waals surface area contributed by atoms with Crippen LogP contribution >= 0.6 is 0 Å². The SMILES string of the molecule is CN(Cc1ccc(OCC(=O)O)cc1)C(=O)CCC(=O)c1ccccc1. The van der Waals surface area contributed by atoms with E-state index in [9.17, 15) is 14.4 Å². The van der Waals surface area contributed by atoms with E-state index in [1.165, 1.54) is 0 Å². The summed E-state index contributed by atoms with van der Waals surface area (Å²) in [5, 5.41) is 8.58. The lowest BCUT2D eigenvalue weighted by atomic mass is 10.1. The number of carbonyl (C=O) groups excluding carboxylic acids is 2. The maximum Gasteiger partial charge on any atom is 0.341 e. The van der Waals surface area contributed by atoms with Crippen LogP contribution in [0.3, 0.4) is 0 Å². The molecule has 2 aromatic rings. The number of hydrogen-bond donors (Lipinski definition) is 1. The van der Waals surface area contributed by atoms with E-state index < -0.39 is 12.6 Å². The molecule has 6 nitrogen and oxygen atoms in total. The molecule has 0 radical (unpaired) electrons. The first-order chi connectivity index (χ1) is 12.5. The number of ether oxygens (including phenoxy) is 1. The minimum Gasteiger partial charge on any atom is -0.482 e. The Morgan fingerprint density at radius 3 is 2.23 bits per heavy atom. The van der Waals surface area contributed by atoms with Crippen molar-refractivity contribution in [3.05, 3.63) is 65.7 Å². The van der Waals surface area contributed by atoms with E-state index in [0.29, 0.717) is 17.9 Å². The lowest BCUT2D eigenvalue weighted by molar-refractivity contribution is -0.139. The van der Waals surface area contributed by atoms with Crippen LogP contribution in [0.25, 0.3) is 0 Å². The summed E-state index contributed by atoms with van der Waals surface area (Å²) in [6.45, 7) is 0.00471. The number of ketones is 1. The molecule has 136 valence electrons. The molecule has 0 spiro atoms. The predicted octanol–water partition coefficient (Wildman–Crippen LogP) is 2.77. The highest BCUT2D eigenvalue weighted by atomic mass is 16.5. The molecule has 0 saturated carbocycles. The molecule has 0 aliphatic heterocycles. The Bertz CT molecular complexity index is 756.